The Morgan fingerprint density at radius 3 is 2.72 bits per heavy atom. The van der Waals surface area contributed by atoms with Crippen LogP contribution in [-0.4, -0.2) is 16.7 Å². The van der Waals surface area contributed by atoms with Crippen molar-refractivity contribution in [3.05, 3.63) is 44.9 Å². The Balaban J connectivity index is 2.48. The van der Waals surface area contributed by atoms with Crippen LogP contribution < -0.4 is 0 Å². The van der Waals surface area contributed by atoms with Gasteiger partial charge in [0.05, 0.1) is 11.3 Å². The number of rotatable bonds is 2. The summed E-state index contributed by atoms with van der Waals surface area (Å²) in [4.78, 5) is 12.4. The van der Waals surface area contributed by atoms with Gasteiger partial charge in [-0.15, -0.1) is 0 Å². The van der Waals surface area contributed by atoms with E-state index in [-0.39, 0.29) is 5.78 Å². The third kappa shape index (κ3) is 2.49. The Morgan fingerprint density at radius 1 is 1.33 bits per heavy atom. The quantitative estimate of drug-likeness (QED) is 0.504. The first-order valence-electron chi connectivity index (χ1n) is 5.54. The number of carbonyl (C=O) groups excluding carboxylic acids is 1. The van der Waals surface area contributed by atoms with Gasteiger partial charge in [-0.1, -0.05) is 44.8 Å². The molecule has 0 aliphatic heterocycles. The van der Waals surface area contributed by atoms with Crippen molar-refractivity contribution < 1.29 is 10.0 Å². The third-order valence-corrected chi connectivity index (χ3v) is 3.91. The number of hydrogen-bond acceptors (Lipinski definition) is 3. The maximum absolute atomic E-state index is 12.4. The monoisotopic (exact) mass is 327 g/mol. The molecular weight excluding hydrogens is 318 g/mol. The van der Waals surface area contributed by atoms with Gasteiger partial charge in [-0.05, 0) is 31.4 Å². The van der Waals surface area contributed by atoms with E-state index >= 15 is 0 Å². The topological polar surface area (TPSA) is 49.7 Å². The Hall–Kier alpha value is -1.13. The molecule has 0 saturated carbocycles. The standard InChI is InChI=1S/C13H11BrClNO2/c14-9-5-2-1-4-8(9)13(17)12-10(15)6-3-7-11(12)16-18/h1-2,4-5,18H,3,6-7H2/b16-11+. The zero-order valence-electron chi connectivity index (χ0n) is 9.49. The lowest BCUT2D eigenvalue weighted by atomic mass is 9.91. The molecular formula is C13H11BrClNO2. The fraction of sp³-hybridized carbons (Fsp3) is 0.231. The molecule has 1 aromatic carbocycles. The summed E-state index contributed by atoms with van der Waals surface area (Å²) < 4.78 is 0.704. The first-order chi connectivity index (χ1) is 8.65. The first kappa shape index (κ1) is 13.3. The molecule has 1 aromatic rings. The van der Waals surface area contributed by atoms with Crippen molar-refractivity contribution in [1.82, 2.24) is 0 Å². The molecule has 0 atom stereocenters. The molecule has 0 radical (unpaired) electrons. The number of hydrogen-bond donors (Lipinski definition) is 1. The summed E-state index contributed by atoms with van der Waals surface area (Å²) in [5.41, 5.74) is 1.22. The maximum atomic E-state index is 12.4. The van der Waals surface area contributed by atoms with Crippen LogP contribution in [0.25, 0.3) is 0 Å². The van der Waals surface area contributed by atoms with Gasteiger partial charge in [0.15, 0.2) is 5.78 Å². The maximum Gasteiger partial charge on any atom is 0.197 e. The van der Waals surface area contributed by atoms with Crippen molar-refractivity contribution in [2.45, 2.75) is 19.3 Å². The Morgan fingerprint density at radius 2 is 2.06 bits per heavy atom. The van der Waals surface area contributed by atoms with Crippen LogP contribution in [0, 0.1) is 0 Å². The molecule has 1 aliphatic rings. The summed E-state index contributed by atoms with van der Waals surface area (Å²) in [6.45, 7) is 0. The van der Waals surface area contributed by atoms with E-state index < -0.39 is 0 Å². The highest BCUT2D eigenvalue weighted by atomic mass is 79.9. The van der Waals surface area contributed by atoms with Crippen LogP contribution in [0.4, 0.5) is 0 Å². The molecule has 3 nitrogen and oxygen atoms in total. The second-order valence-corrected chi connectivity index (χ2v) is 5.30. The van der Waals surface area contributed by atoms with Crippen LogP contribution in [0.1, 0.15) is 29.6 Å². The lowest BCUT2D eigenvalue weighted by molar-refractivity contribution is 0.103. The molecule has 0 amide bonds. The molecule has 1 N–H and O–H groups in total. The second kappa shape index (κ2) is 5.67. The number of oxime groups is 1. The Bertz CT molecular complexity index is 552. The minimum Gasteiger partial charge on any atom is -0.411 e. The number of allylic oxidation sites excluding steroid dienone is 2. The van der Waals surface area contributed by atoms with E-state index in [1.54, 1.807) is 18.2 Å². The molecule has 0 unspecified atom stereocenters. The van der Waals surface area contributed by atoms with Crippen molar-refractivity contribution >= 4 is 39.0 Å². The van der Waals surface area contributed by atoms with Gasteiger partial charge in [0, 0.05) is 15.1 Å². The van der Waals surface area contributed by atoms with Crippen molar-refractivity contribution in [3.8, 4) is 0 Å². The number of carbonyl (C=O) groups is 1. The van der Waals surface area contributed by atoms with Crippen LogP contribution in [0.5, 0.6) is 0 Å². The van der Waals surface area contributed by atoms with Gasteiger partial charge in [-0.2, -0.15) is 0 Å². The zero-order chi connectivity index (χ0) is 13.1. The molecule has 18 heavy (non-hydrogen) atoms. The number of ketones is 1. The number of halogens is 2. The summed E-state index contributed by atoms with van der Waals surface area (Å²) in [5, 5.41) is 12.6. The minimum absolute atomic E-state index is 0.208. The zero-order valence-corrected chi connectivity index (χ0v) is 11.8. The Kier molecular flexibility index (Phi) is 4.19. The molecule has 0 bridgehead atoms. The van der Waals surface area contributed by atoms with E-state index in [2.05, 4.69) is 21.1 Å². The minimum atomic E-state index is -0.208. The van der Waals surface area contributed by atoms with E-state index in [9.17, 15) is 4.79 Å². The highest BCUT2D eigenvalue weighted by Gasteiger charge is 2.26. The summed E-state index contributed by atoms with van der Waals surface area (Å²) in [5.74, 6) is -0.208. The van der Waals surface area contributed by atoms with Crippen LogP contribution >= 0.6 is 27.5 Å². The van der Waals surface area contributed by atoms with Gasteiger partial charge in [-0.25, -0.2) is 0 Å². The van der Waals surface area contributed by atoms with Crippen molar-refractivity contribution in [3.63, 3.8) is 0 Å². The van der Waals surface area contributed by atoms with Crippen LogP contribution in [0.15, 0.2) is 44.5 Å². The molecule has 1 aliphatic carbocycles. The predicted molar refractivity (Wildman–Crippen MR) is 74.4 cm³/mol. The lowest BCUT2D eigenvalue weighted by Crippen LogP contribution is -2.19. The molecule has 2 rings (SSSR count). The average molecular weight is 329 g/mol. The fourth-order valence-corrected chi connectivity index (χ4v) is 2.75. The predicted octanol–water partition coefficient (Wildman–Crippen LogP) is 4.14. The van der Waals surface area contributed by atoms with Crippen molar-refractivity contribution in [1.29, 1.82) is 0 Å². The summed E-state index contributed by atoms with van der Waals surface area (Å²) in [7, 11) is 0. The number of benzene rings is 1. The second-order valence-electron chi connectivity index (χ2n) is 3.99. The van der Waals surface area contributed by atoms with Gasteiger partial charge in [0.25, 0.3) is 0 Å². The highest BCUT2D eigenvalue weighted by Crippen LogP contribution is 2.30. The summed E-state index contributed by atoms with van der Waals surface area (Å²) in [6, 6.07) is 7.12. The smallest absolute Gasteiger partial charge is 0.197 e. The normalized spacial score (nSPS) is 18.2. The third-order valence-electron chi connectivity index (χ3n) is 2.84. The number of Topliss-reactive ketones (excluding diaryl/α,β-unsaturated/α-hetero) is 1. The van der Waals surface area contributed by atoms with E-state index in [1.165, 1.54) is 0 Å². The van der Waals surface area contributed by atoms with E-state index in [0.29, 0.717) is 39.2 Å². The average Bonchev–Trinajstić information content (AvgIpc) is 2.38. The lowest BCUT2D eigenvalue weighted by Gasteiger charge is -2.16. The van der Waals surface area contributed by atoms with E-state index in [1.807, 2.05) is 6.07 Å². The molecule has 0 spiro atoms. The van der Waals surface area contributed by atoms with Crippen LogP contribution in [0.3, 0.4) is 0 Å². The molecule has 94 valence electrons. The van der Waals surface area contributed by atoms with E-state index in [0.717, 1.165) is 6.42 Å². The SMILES string of the molecule is O=C(C1=C(Cl)CCC/C1=N\O)c1ccccc1Br. The summed E-state index contributed by atoms with van der Waals surface area (Å²) in [6.07, 6.45) is 2.01. The first-order valence-corrected chi connectivity index (χ1v) is 6.71. The van der Waals surface area contributed by atoms with E-state index in [4.69, 9.17) is 16.8 Å². The van der Waals surface area contributed by atoms with Crippen molar-refractivity contribution in [2.75, 3.05) is 0 Å². The van der Waals surface area contributed by atoms with Gasteiger partial charge < -0.3 is 5.21 Å². The van der Waals surface area contributed by atoms with Gasteiger partial charge in [0.2, 0.25) is 0 Å². The molecule has 0 saturated heterocycles. The summed E-state index contributed by atoms with van der Waals surface area (Å²) >= 11 is 9.44. The Labute approximate surface area is 118 Å². The molecule has 5 heteroatoms. The van der Waals surface area contributed by atoms with Crippen molar-refractivity contribution in [2.24, 2.45) is 5.16 Å². The molecule has 0 heterocycles. The molecule has 0 aromatic heterocycles. The van der Waals surface area contributed by atoms with Gasteiger partial charge in [0.1, 0.15) is 0 Å². The van der Waals surface area contributed by atoms with Crippen LogP contribution in [-0.2, 0) is 0 Å². The van der Waals surface area contributed by atoms with Gasteiger partial charge in [-0.3, -0.25) is 4.79 Å². The molecule has 0 fully saturated rings. The largest absolute Gasteiger partial charge is 0.411 e. The van der Waals surface area contributed by atoms with Gasteiger partial charge >= 0.3 is 0 Å². The fourth-order valence-electron chi connectivity index (χ4n) is 1.95. The number of nitrogens with zero attached hydrogens (tertiary/aromatic N) is 1. The van der Waals surface area contributed by atoms with Crippen LogP contribution in [0.2, 0.25) is 0 Å². The highest BCUT2D eigenvalue weighted by molar-refractivity contribution is 9.10.